The van der Waals surface area contributed by atoms with E-state index in [-0.39, 0.29) is 18.2 Å². The van der Waals surface area contributed by atoms with Gasteiger partial charge in [0, 0.05) is 17.8 Å². The molecular weight excluding hydrogens is 350 g/mol. The Morgan fingerprint density at radius 1 is 0.821 bits per heavy atom. The van der Waals surface area contributed by atoms with Crippen LogP contribution in [0.5, 0.6) is 0 Å². The topological polar surface area (TPSA) is 82.0 Å². The van der Waals surface area contributed by atoms with Gasteiger partial charge in [-0.2, -0.15) is 5.26 Å². The molecule has 2 N–H and O–H groups in total. The minimum absolute atomic E-state index is 0.147. The number of anilines is 1. The highest BCUT2D eigenvalue weighted by atomic mass is 16.2. The summed E-state index contributed by atoms with van der Waals surface area (Å²) in [6, 6.07) is 26.4. The van der Waals surface area contributed by atoms with Gasteiger partial charge in [-0.25, -0.2) is 0 Å². The molecule has 0 saturated carbocycles. The zero-order valence-corrected chi connectivity index (χ0v) is 15.2. The lowest BCUT2D eigenvalue weighted by Crippen LogP contribution is -2.22. The average Bonchev–Trinajstić information content (AvgIpc) is 2.74. The van der Waals surface area contributed by atoms with Gasteiger partial charge in [0.1, 0.15) is 6.42 Å². The second-order valence-electron chi connectivity index (χ2n) is 6.21. The van der Waals surface area contributed by atoms with Crippen LogP contribution in [0.3, 0.4) is 0 Å². The molecule has 0 aromatic heterocycles. The first-order chi connectivity index (χ1) is 13.7. The van der Waals surface area contributed by atoms with E-state index in [0.29, 0.717) is 17.8 Å². The lowest BCUT2D eigenvalue weighted by molar-refractivity contribution is -0.115. The van der Waals surface area contributed by atoms with Gasteiger partial charge in [-0.15, -0.1) is 0 Å². The normalized spacial score (nSPS) is 9.96. The molecule has 0 bridgehead atoms. The second-order valence-corrected chi connectivity index (χ2v) is 6.21. The van der Waals surface area contributed by atoms with E-state index in [2.05, 4.69) is 10.6 Å². The molecule has 0 aliphatic carbocycles. The smallest absolute Gasteiger partial charge is 0.251 e. The van der Waals surface area contributed by atoms with E-state index in [1.165, 1.54) is 0 Å². The Kier molecular flexibility index (Phi) is 6.17. The van der Waals surface area contributed by atoms with Crippen LogP contribution in [0.25, 0.3) is 11.1 Å². The van der Waals surface area contributed by atoms with Crippen LogP contribution in [0.1, 0.15) is 22.3 Å². The van der Waals surface area contributed by atoms with E-state index in [9.17, 15) is 9.59 Å². The maximum absolute atomic E-state index is 12.4. The van der Waals surface area contributed by atoms with Crippen molar-refractivity contribution in [2.24, 2.45) is 0 Å². The fraction of sp³-hybridized carbons (Fsp3) is 0.0870. The summed E-state index contributed by atoms with van der Waals surface area (Å²) in [6.45, 7) is 0.381. The van der Waals surface area contributed by atoms with E-state index < -0.39 is 0 Å². The molecular formula is C23H19N3O2. The molecule has 5 nitrogen and oxygen atoms in total. The maximum atomic E-state index is 12.4. The Balaban J connectivity index is 1.55. The van der Waals surface area contributed by atoms with E-state index in [0.717, 1.165) is 16.7 Å². The number of nitrogens with zero attached hydrogens (tertiary/aromatic N) is 1. The van der Waals surface area contributed by atoms with Gasteiger partial charge in [0.05, 0.1) is 6.07 Å². The first-order valence-corrected chi connectivity index (χ1v) is 8.85. The number of nitrogens with one attached hydrogen (secondary N) is 2. The molecule has 0 fully saturated rings. The fourth-order valence-electron chi connectivity index (χ4n) is 2.71. The molecule has 0 aliphatic rings. The van der Waals surface area contributed by atoms with Crippen LogP contribution in [0, 0.1) is 11.3 Å². The quantitative estimate of drug-likeness (QED) is 0.685. The Hall–Kier alpha value is -3.91. The number of hydrogen-bond acceptors (Lipinski definition) is 3. The van der Waals surface area contributed by atoms with E-state index in [4.69, 9.17) is 5.26 Å². The maximum Gasteiger partial charge on any atom is 0.251 e. The third kappa shape index (κ3) is 5.05. The van der Waals surface area contributed by atoms with Crippen LogP contribution in [0.15, 0.2) is 78.9 Å². The summed E-state index contributed by atoms with van der Waals surface area (Å²) >= 11 is 0. The Labute approximate surface area is 163 Å². The summed E-state index contributed by atoms with van der Waals surface area (Å²) in [7, 11) is 0. The molecule has 0 unspecified atom stereocenters. The van der Waals surface area contributed by atoms with Gasteiger partial charge >= 0.3 is 0 Å². The van der Waals surface area contributed by atoms with Crippen molar-refractivity contribution in [3.63, 3.8) is 0 Å². The van der Waals surface area contributed by atoms with E-state index in [1.807, 2.05) is 66.7 Å². The Bertz CT molecular complexity index is 989. The number of hydrogen-bond donors (Lipinski definition) is 2. The number of rotatable bonds is 6. The van der Waals surface area contributed by atoms with Crippen LogP contribution < -0.4 is 10.6 Å². The number of benzene rings is 3. The molecule has 5 heteroatoms. The summed E-state index contributed by atoms with van der Waals surface area (Å²) in [5, 5.41) is 14.0. The predicted molar refractivity (Wildman–Crippen MR) is 108 cm³/mol. The Morgan fingerprint density at radius 3 is 2.11 bits per heavy atom. The third-order valence-electron chi connectivity index (χ3n) is 4.18. The van der Waals surface area contributed by atoms with Gasteiger partial charge in [0.2, 0.25) is 5.91 Å². The highest BCUT2D eigenvalue weighted by molar-refractivity contribution is 5.94. The van der Waals surface area contributed by atoms with Crippen molar-refractivity contribution in [3.05, 3.63) is 90.0 Å². The molecule has 28 heavy (non-hydrogen) atoms. The number of amides is 2. The Morgan fingerprint density at radius 2 is 1.46 bits per heavy atom. The van der Waals surface area contributed by atoms with Crippen molar-refractivity contribution in [1.29, 1.82) is 5.26 Å². The van der Waals surface area contributed by atoms with E-state index >= 15 is 0 Å². The van der Waals surface area contributed by atoms with Gasteiger partial charge in [-0.1, -0.05) is 54.6 Å². The summed E-state index contributed by atoms with van der Waals surface area (Å²) < 4.78 is 0. The number of carbonyl (C=O) groups is 2. The SMILES string of the molecule is N#CCC(=O)Nc1ccc(CNC(=O)c2ccc(-c3ccccc3)cc2)cc1. The first kappa shape index (κ1) is 18.9. The second kappa shape index (κ2) is 9.15. The summed E-state index contributed by atoms with van der Waals surface area (Å²) in [4.78, 5) is 23.7. The van der Waals surface area contributed by atoms with Crippen molar-refractivity contribution in [1.82, 2.24) is 5.32 Å². The zero-order chi connectivity index (χ0) is 19.8. The fourth-order valence-corrected chi connectivity index (χ4v) is 2.71. The zero-order valence-electron chi connectivity index (χ0n) is 15.2. The molecule has 0 atom stereocenters. The predicted octanol–water partition coefficient (Wildman–Crippen LogP) is 4.14. The van der Waals surface area contributed by atoms with Crippen LogP contribution in [0.4, 0.5) is 5.69 Å². The highest BCUT2D eigenvalue weighted by Crippen LogP contribution is 2.19. The molecule has 0 aliphatic heterocycles. The molecule has 0 spiro atoms. The minimum atomic E-state index is -0.345. The minimum Gasteiger partial charge on any atom is -0.348 e. The van der Waals surface area contributed by atoms with Crippen LogP contribution in [-0.4, -0.2) is 11.8 Å². The molecule has 3 aromatic rings. The van der Waals surface area contributed by atoms with Gasteiger partial charge in [0.15, 0.2) is 0 Å². The average molecular weight is 369 g/mol. The summed E-state index contributed by atoms with van der Waals surface area (Å²) in [5.74, 6) is -0.492. The van der Waals surface area contributed by atoms with Gasteiger partial charge in [-0.05, 0) is 41.0 Å². The van der Waals surface area contributed by atoms with Gasteiger partial charge in [0.25, 0.3) is 5.91 Å². The van der Waals surface area contributed by atoms with Crippen LogP contribution in [0.2, 0.25) is 0 Å². The molecule has 0 radical (unpaired) electrons. The van der Waals surface area contributed by atoms with E-state index in [1.54, 1.807) is 18.2 Å². The van der Waals surface area contributed by atoms with Crippen molar-refractivity contribution >= 4 is 17.5 Å². The van der Waals surface area contributed by atoms with Crippen molar-refractivity contribution in [3.8, 4) is 17.2 Å². The largest absolute Gasteiger partial charge is 0.348 e. The first-order valence-electron chi connectivity index (χ1n) is 8.85. The van der Waals surface area contributed by atoms with Crippen molar-refractivity contribution < 1.29 is 9.59 Å². The molecule has 3 rings (SSSR count). The van der Waals surface area contributed by atoms with Crippen LogP contribution >= 0.6 is 0 Å². The number of carbonyl (C=O) groups excluding carboxylic acids is 2. The van der Waals surface area contributed by atoms with Gasteiger partial charge < -0.3 is 10.6 Å². The summed E-state index contributed by atoms with van der Waals surface area (Å²) in [6.07, 6.45) is -0.180. The van der Waals surface area contributed by atoms with Crippen LogP contribution in [-0.2, 0) is 11.3 Å². The number of nitriles is 1. The van der Waals surface area contributed by atoms with Crippen molar-refractivity contribution in [2.45, 2.75) is 13.0 Å². The van der Waals surface area contributed by atoms with Crippen molar-refractivity contribution in [2.75, 3.05) is 5.32 Å². The summed E-state index contributed by atoms with van der Waals surface area (Å²) in [5.41, 5.74) is 4.29. The lowest BCUT2D eigenvalue weighted by Gasteiger charge is -2.08. The lowest BCUT2D eigenvalue weighted by atomic mass is 10.0. The molecule has 0 saturated heterocycles. The van der Waals surface area contributed by atoms with Gasteiger partial charge in [-0.3, -0.25) is 9.59 Å². The highest BCUT2D eigenvalue weighted by Gasteiger charge is 2.06. The third-order valence-corrected chi connectivity index (χ3v) is 4.18. The molecule has 138 valence electrons. The standard InChI is InChI=1S/C23H19N3O2/c24-15-14-22(27)26-21-12-6-17(7-13-21)16-25-23(28)20-10-8-19(9-11-20)18-4-2-1-3-5-18/h1-13H,14,16H2,(H,25,28)(H,26,27). The molecule has 2 amide bonds. The monoisotopic (exact) mass is 369 g/mol. The molecule has 0 heterocycles. The molecule has 3 aromatic carbocycles.